The second-order valence-electron chi connectivity index (χ2n) is 6.43. The highest BCUT2D eigenvalue weighted by Crippen LogP contribution is 2.36. The number of anilines is 1. The summed E-state index contributed by atoms with van der Waals surface area (Å²) >= 11 is 0. The van der Waals surface area contributed by atoms with Crippen molar-refractivity contribution in [2.75, 3.05) is 5.32 Å². The Kier molecular flexibility index (Phi) is 5.43. The summed E-state index contributed by atoms with van der Waals surface area (Å²) in [6.45, 7) is 1.85. The fraction of sp³-hybridized carbons (Fsp3) is 0.286. The van der Waals surface area contributed by atoms with Gasteiger partial charge < -0.3 is 5.32 Å². The maximum atomic E-state index is 13.0. The van der Waals surface area contributed by atoms with E-state index < -0.39 is 0 Å². The molecule has 2 aromatic heterocycles. The molecule has 26 heavy (non-hydrogen) atoms. The molecular weight excluding hydrogens is 329 g/mol. The number of carbonyl (C=O) groups excluding carboxylic acids is 1. The first-order chi connectivity index (χ1) is 12.6. The number of nitrogens with one attached hydrogen (secondary N) is 1. The summed E-state index contributed by atoms with van der Waals surface area (Å²) in [6.07, 6.45) is 11.6. The van der Waals surface area contributed by atoms with Crippen molar-refractivity contribution in [2.45, 2.75) is 38.5 Å². The van der Waals surface area contributed by atoms with Crippen molar-refractivity contribution in [1.82, 2.24) is 9.97 Å². The van der Waals surface area contributed by atoms with Crippen LogP contribution < -0.4 is 5.32 Å². The molecule has 0 spiro atoms. The van der Waals surface area contributed by atoms with Gasteiger partial charge in [-0.2, -0.15) is 0 Å². The quantitative estimate of drug-likeness (QED) is 0.667. The van der Waals surface area contributed by atoms with Crippen LogP contribution in [-0.4, -0.2) is 15.9 Å². The Morgan fingerprint density at radius 1 is 1.19 bits per heavy atom. The average Bonchev–Trinajstić information content (AvgIpc) is 2.69. The molecule has 1 aliphatic carbocycles. The third kappa shape index (κ3) is 4.15. The smallest absolute Gasteiger partial charge is 0.251 e. The second-order valence-corrected chi connectivity index (χ2v) is 6.43. The van der Waals surface area contributed by atoms with Gasteiger partial charge in [0.05, 0.1) is 18.1 Å². The fourth-order valence-corrected chi connectivity index (χ4v) is 3.20. The molecule has 0 saturated heterocycles. The average molecular weight is 349 g/mol. The highest BCUT2D eigenvalue weighted by molar-refractivity contribution is 6.03. The molecule has 4 nitrogen and oxygen atoms in total. The predicted molar refractivity (Wildman–Crippen MR) is 98.9 cm³/mol. The molecule has 132 valence electrons. The van der Waals surface area contributed by atoms with Crippen LogP contribution in [0.3, 0.4) is 0 Å². The number of halogens is 1. The highest BCUT2D eigenvalue weighted by Gasteiger charge is 2.22. The van der Waals surface area contributed by atoms with Crippen molar-refractivity contribution in [3.63, 3.8) is 0 Å². The van der Waals surface area contributed by atoms with E-state index in [1.54, 1.807) is 24.4 Å². The fourth-order valence-electron chi connectivity index (χ4n) is 3.20. The standard InChI is InChI=1S/C21H20FN3O/c1-3-18-9-10-19(13-23-18)25-21(26)14(2)15-4-6-16(7-5-15)20-11-8-17(22)12-24-20/h1,8-13,16H,4-7H2,2H3,(H,25,26). The van der Waals surface area contributed by atoms with Crippen molar-refractivity contribution in [2.24, 2.45) is 0 Å². The number of pyridine rings is 2. The molecule has 0 atom stereocenters. The normalized spacial score (nSPS) is 16.7. The molecule has 1 saturated carbocycles. The monoisotopic (exact) mass is 349 g/mol. The van der Waals surface area contributed by atoms with Crippen LogP contribution in [0.4, 0.5) is 10.1 Å². The van der Waals surface area contributed by atoms with Gasteiger partial charge in [-0.1, -0.05) is 11.5 Å². The van der Waals surface area contributed by atoms with Crippen LogP contribution in [0.15, 0.2) is 47.8 Å². The summed E-state index contributed by atoms with van der Waals surface area (Å²) < 4.78 is 13.0. The molecule has 1 fully saturated rings. The number of nitrogens with zero attached hydrogens (tertiary/aromatic N) is 2. The Balaban J connectivity index is 1.62. The molecule has 2 aromatic rings. The Morgan fingerprint density at radius 3 is 2.54 bits per heavy atom. The molecule has 0 unspecified atom stereocenters. The van der Waals surface area contributed by atoms with Gasteiger partial charge >= 0.3 is 0 Å². The number of hydrogen-bond acceptors (Lipinski definition) is 3. The minimum atomic E-state index is -0.317. The summed E-state index contributed by atoms with van der Waals surface area (Å²) in [5.41, 5.74) is 3.99. The lowest BCUT2D eigenvalue weighted by Crippen LogP contribution is -2.17. The van der Waals surface area contributed by atoms with E-state index in [0.29, 0.717) is 17.3 Å². The van der Waals surface area contributed by atoms with E-state index in [2.05, 4.69) is 21.2 Å². The third-order valence-corrected chi connectivity index (χ3v) is 4.80. The Morgan fingerprint density at radius 2 is 1.96 bits per heavy atom. The topological polar surface area (TPSA) is 54.9 Å². The van der Waals surface area contributed by atoms with Crippen molar-refractivity contribution in [3.8, 4) is 12.3 Å². The lowest BCUT2D eigenvalue weighted by atomic mass is 9.82. The highest BCUT2D eigenvalue weighted by atomic mass is 19.1. The molecule has 5 heteroatoms. The number of terminal acetylenes is 1. The molecule has 3 rings (SSSR count). The van der Waals surface area contributed by atoms with E-state index in [1.165, 1.54) is 12.3 Å². The van der Waals surface area contributed by atoms with Crippen molar-refractivity contribution in [1.29, 1.82) is 0 Å². The molecule has 0 bridgehead atoms. The molecule has 2 heterocycles. The van der Waals surface area contributed by atoms with E-state index in [-0.39, 0.29) is 11.7 Å². The summed E-state index contributed by atoms with van der Waals surface area (Å²) in [6, 6.07) is 6.64. The van der Waals surface area contributed by atoms with Gasteiger partial charge in [0.25, 0.3) is 5.91 Å². The van der Waals surface area contributed by atoms with Crippen LogP contribution in [-0.2, 0) is 4.79 Å². The second kappa shape index (κ2) is 7.92. The first-order valence-corrected chi connectivity index (χ1v) is 8.61. The van der Waals surface area contributed by atoms with Gasteiger partial charge in [0, 0.05) is 17.2 Å². The van der Waals surface area contributed by atoms with E-state index in [1.807, 2.05) is 6.92 Å². The number of aromatic nitrogens is 2. The van der Waals surface area contributed by atoms with Gasteiger partial charge in [0.1, 0.15) is 11.5 Å². The first kappa shape index (κ1) is 17.8. The predicted octanol–water partition coefficient (Wildman–Crippen LogP) is 4.21. The number of carbonyl (C=O) groups is 1. The zero-order valence-corrected chi connectivity index (χ0v) is 14.6. The molecule has 1 aliphatic rings. The first-order valence-electron chi connectivity index (χ1n) is 8.61. The third-order valence-electron chi connectivity index (χ3n) is 4.80. The van der Waals surface area contributed by atoms with Gasteiger partial charge in [0.15, 0.2) is 0 Å². The van der Waals surface area contributed by atoms with Crippen LogP contribution in [0.5, 0.6) is 0 Å². The molecule has 0 radical (unpaired) electrons. The molecule has 0 aromatic carbocycles. The summed E-state index contributed by atoms with van der Waals surface area (Å²) in [5, 5.41) is 2.86. The van der Waals surface area contributed by atoms with E-state index in [0.717, 1.165) is 42.5 Å². The van der Waals surface area contributed by atoms with Crippen LogP contribution in [0.1, 0.15) is 49.9 Å². The number of amides is 1. The molecule has 0 aliphatic heterocycles. The number of rotatable bonds is 3. The lowest BCUT2D eigenvalue weighted by Gasteiger charge is -2.25. The Labute approximate surface area is 152 Å². The van der Waals surface area contributed by atoms with Crippen LogP contribution in [0.2, 0.25) is 0 Å². The number of hydrogen-bond donors (Lipinski definition) is 1. The van der Waals surface area contributed by atoms with Crippen LogP contribution >= 0.6 is 0 Å². The molecular formula is C21H20FN3O. The Bertz CT molecular complexity index is 854. The maximum Gasteiger partial charge on any atom is 0.251 e. The van der Waals surface area contributed by atoms with Gasteiger partial charge in [-0.05, 0) is 56.9 Å². The lowest BCUT2D eigenvalue weighted by molar-refractivity contribution is -0.112. The van der Waals surface area contributed by atoms with E-state index in [9.17, 15) is 9.18 Å². The minimum Gasteiger partial charge on any atom is -0.321 e. The van der Waals surface area contributed by atoms with Crippen molar-refractivity contribution in [3.05, 3.63) is 65.0 Å². The largest absolute Gasteiger partial charge is 0.321 e. The summed E-state index contributed by atoms with van der Waals surface area (Å²) in [5.74, 6) is 2.32. The van der Waals surface area contributed by atoms with Gasteiger partial charge in [0.2, 0.25) is 0 Å². The minimum absolute atomic E-state index is 0.117. The van der Waals surface area contributed by atoms with Crippen molar-refractivity contribution >= 4 is 11.6 Å². The summed E-state index contributed by atoms with van der Waals surface area (Å²) in [4.78, 5) is 20.7. The van der Waals surface area contributed by atoms with E-state index >= 15 is 0 Å². The van der Waals surface area contributed by atoms with Gasteiger partial charge in [-0.15, -0.1) is 6.42 Å². The number of allylic oxidation sites excluding steroid dienone is 1. The van der Waals surface area contributed by atoms with Gasteiger partial charge in [-0.3, -0.25) is 9.78 Å². The van der Waals surface area contributed by atoms with Gasteiger partial charge in [-0.25, -0.2) is 9.37 Å². The zero-order chi connectivity index (χ0) is 18.5. The summed E-state index contributed by atoms with van der Waals surface area (Å²) in [7, 11) is 0. The van der Waals surface area contributed by atoms with Crippen LogP contribution in [0.25, 0.3) is 0 Å². The SMILES string of the molecule is C#Cc1ccc(NC(=O)C(C)=C2CCC(c3ccc(F)cn3)CC2)cn1. The zero-order valence-electron chi connectivity index (χ0n) is 14.6. The molecule has 1 amide bonds. The van der Waals surface area contributed by atoms with Crippen molar-refractivity contribution < 1.29 is 9.18 Å². The van der Waals surface area contributed by atoms with E-state index in [4.69, 9.17) is 6.42 Å². The Hall–Kier alpha value is -3.00. The maximum absolute atomic E-state index is 13.0. The molecule has 1 N–H and O–H groups in total. The van der Waals surface area contributed by atoms with Crippen LogP contribution in [0, 0.1) is 18.2 Å².